The monoisotopic (exact) mass is 300 g/mol. The van der Waals surface area contributed by atoms with Gasteiger partial charge in [-0.3, -0.25) is 4.79 Å². The van der Waals surface area contributed by atoms with Crippen LogP contribution in [0.15, 0.2) is 18.2 Å². The molecule has 0 atom stereocenters. The molecule has 0 aliphatic carbocycles. The predicted molar refractivity (Wildman–Crippen MR) is 76.5 cm³/mol. The number of nitrogens with one attached hydrogen (secondary N) is 1. The van der Waals surface area contributed by atoms with Crippen molar-refractivity contribution in [2.75, 3.05) is 25.5 Å². The van der Waals surface area contributed by atoms with E-state index in [0.717, 1.165) is 0 Å². The van der Waals surface area contributed by atoms with Crippen molar-refractivity contribution in [1.29, 1.82) is 0 Å². The number of hydrogen-bond donors (Lipinski definition) is 2. The zero-order valence-electron chi connectivity index (χ0n) is 11.4. The first kappa shape index (κ1) is 16.1. The summed E-state index contributed by atoms with van der Waals surface area (Å²) >= 11 is 5.89. The molecule has 0 unspecified atom stereocenters. The Morgan fingerprint density at radius 3 is 2.70 bits per heavy atom. The lowest BCUT2D eigenvalue weighted by molar-refractivity contribution is -0.137. The van der Waals surface area contributed by atoms with Gasteiger partial charge in [0.1, 0.15) is 5.75 Å². The van der Waals surface area contributed by atoms with Crippen molar-refractivity contribution in [2.24, 2.45) is 0 Å². The molecule has 0 spiro atoms. The van der Waals surface area contributed by atoms with E-state index in [2.05, 4.69) is 5.32 Å². The third-order valence-corrected chi connectivity index (χ3v) is 2.98. The van der Waals surface area contributed by atoms with Crippen LogP contribution in [-0.4, -0.2) is 42.2 Å². The molecule has 0 aliphatic heterocycles. The van der Waals surface area contributed by atoms with Crippen LogP contribution in [-0.2, 0) is 4.79 Å². The summed E-state index contributed by atoms with van der Waals surface area (Å²) in [4.78, 5) is 23.9. The van der Waals surface area contributed by atoms with Gasteiger partial charge in [0.15, 0.2) is 0 Å². The molecule has 0 aromatic heterocycles. The average Bonchev–Trinajstić information content (AvgIpc) is 2.41. The number of carboxylic acid groups (broad SMARTS) is 1. The van der Waals surface area contributed by atoms with Crippen molar-refractivity contribution < 1.29 is 19.4 Å². The molecule has 1 aromatic carbocycles. The van der Waals surface area contributed by atoms with Gasteiger partial charge in [0.05, 0.1) is 18.6 Å². The summed E-state index contributed by atoms with van der Waals surface area (Å²) in [5.74, 6) is -0.484. The molecule has 0 radical (unpaired) electrons. The van der Waals surface area contributed by atoms with Gasteiger partial charge in [-0.05, 0) is 19.1 Å². The molecular weight excluding hydrogens is 284 g/mol. The molecule has 0 saturated carbocycles. The van der Waals surface area contributed by atoms with Gasteiger partial charge in [0.2, 0.25) is 0 Å². The number of carboxylic acids is 1. The van der Waals surface area contributed by atoms with Gasteiger partial charge in [0, 0.05) is 24.8 Å². The second kappa shape index (κ2) is 7.59. The van der Waals surface area contributed by atoms with E-state index < -0.39 is 5.97 Å². The summed E-state index contributed by atoms with van der Waals surface area (Å²) in [6.45, 7) is 2.36. The van der Waals surface area contributed by atoms with Crippen molar-refractivity contribution in [3.05, 3.63) is 23.2 Å². The number of aliphatic carboxylic acids is 1. The van der Waals surface area contributed by atoms with E-state index in [1.54, 1.807) is 25.1 Å². The largest absolute Gasteiger partial charge is 0.495 e. The number of carbonyl (C=O) groups is 2. The molecule has 20 heavy (non-hydrogen) atoms. The van der Waals surface area contributed by atoms with E-state index in [0.29, 0.717) is 23.0 Å². The summed E-state index contributed by atoms with van der Waals surface area (Å²) in [5, 5.41) is 11.8. The van der Waals surface area contributed by atoms with Gasteiger partial charge in [-0.15, -0.1) is 0 Å². The molecule has 1 aromatic rings. The average molecular weight is 301 g/mol. The third-order valence-electron chi connectivity index (χ3n) is 2.67. The molecule has 110 valence electrons. The van der Waals surface area contributed by atoms with Crippen molar-refractivity contribution in [1.82, 2.24) is 4.90 Å². The molecule has 2 N–H and O–H groups in total. The van der Waals surface area contributed by atoms with E-state index in [4.69, 9.17) is 21.4 Å². The fourth-order valence-electron chi connectivity index (χ4n) is 1.57. The third kappa shape index (κ3) is 4.62. The van der Waals surface area contributed by atoms with Gasteiger partial charge >= 0.3 is 12.0 Å². The lowest BCUT2D eigenvalue weighted by Gasteiger charge is -2.20. The molecule has 1 rings (SSSR count). The Kier molecular flexibility index (Phi) is 6.11. The van der Waals surface area contributed by atoms with Crippen molar-refractivity contribution in [2.45, 2.75) is 13.3 Å². The number of halogens is 1. The minimum atomic E-state index is -0.940. The minimum absolute atomic E-state index is 0.0921. The smallest absolute Gasteiger partial charge is 0.321 e. The molecule has 0 aliphatic rings. The van der Waals surface area contributed by atoms with Gasteiger partial charge in [0.25, 0.3) is 0 Å². The number of ether oxygens (including phenoxy) is 1. The first-order valence-corrected chi connectivity index (χ1v) is 6.47. The molecule has 0 heterocycles. The molecule has 6 nitrogen and oxygen atoms in total. The van der Waals surface area contributed by atoms with E-state index in [1.165, 1.54) is 12.0 Å². The van der Waals surface area contributed by atoms with Crippen LogP contribution in [0.1, 0.15) is 13.3 Å². The molecule has 0 bridgehead atoms. The highest BCUT2D eigenvalue weighted by atomic mass is 35.5. The Labute approximate surface area is 122 Å². The van der Waals surface area contributed by atoms with E-state index >= 15 is 0 Å². The van der Waals surface area contributed by atoms with Gasteiger partial charge < -0.3 is 20.1 Å². The molecule has 7 heteroatoms. The Morgan fingerprint density at radius 2 is 2.15 bits per heavy atom. The Bertz CT molecular complexity index is 493. The van der Waals surface area contributed by atoms with Crippen LogP contribution in [0.25, 0.3) is 0 Å². The van der Waals surface area contributed by atoms with Crippen molar-refractivity contribution in [3.63, 3.8) is 0 Å². The first-order valence-electron chi connectivity index (χ1n) is 6.09. The zero-order chi connectivity index (χ0) is 15.1. The van der Waals surface area contributed by atoms with Crippen LogP contribution in [0.5, 0.6) is 5.75 Å². The van der Waals surface area contributed by atoms with Crippen LogP contribution in [0.2, 0.25) is 5.02 Å². The lowest BCUT2D eigenvalue weighted by Crippen LogP contribution is -2.36. The Balaban J connectivity index is 2.70. The van der Waals surface area contributed by atoms with Gasteiger partial charge in [-0.2, -0.15) is 0 Å². The summed E-state index contributed by atoms with van der Waals surface area (Å²) in [5.41, 5.74) is 0.532. The Hall–Kier alpha value is -1.95. The maximum atomic E-state index is 12.0. The van der Waals surface area contributed by atoms with Crippen molar-refractivity contribution in [3.8, 4) is 5.75 Å². The fraction of sp³-hybridized carbons (Fsp3) is 0.385. The lowest BCUT2D eigenvalue weighted by atomic mass is 10.3. The molecule has 0 fully saturated rings. The maximum Gasteiger partial charge on any atom is 0.321 e. The van der Waals surface area contributed by atoms with Crippen LogP contribution < -0.4 is 10.1 Å². The fourth-order valence-corrected chi connectivity index (χ4v) is 1.77. The highest BCUT2D eigenvalue weighted by Crippen LogP contribution is 2.27. The topological polar surface area (TPSA) is 78.9 Å². The minimum Gasteiger partial charge on any atom is -0.495 e. The van der Waals surface area contributed by atoms with Crippen LogP contribution >= 0.6 is 11.6 Å². The number of carbonyl (C=O) groups excluding carboxylic acids is 1. The van der Waals surface area contributed by atoms with E-state index in [9.17, 15) is 9.59 Å². The highest BCUT2D eigenvalue weighted by molar-refractivity contribution is 6.32. The molecule has 0 saturated heterocycles. The molecule has 2 amide bonds. The zero-order valence-corrected chi connectivity index (χ0v) is 12.1. The van der Waals surface area contributed by atoms with Crippen LogP contribution in [0.4, 0.5) is 10.5 Å². The summed E-state index contributed by atoms with van der Waals surface area (Å²) in [6, 6.07) is 4.50. The standard InChI is InChI=1S/C13H17ClN2O4/c1-3-16(7-6-12(17)18)13(19)15-9-4-5-10(14)11(8-9)20-2/h4-5,8H,3,6-7H2,1-2H3,(H,15,19)(H,17,18). The van der Waals surface area contributed by atoms with Gasteiger partial charge in [-0.25, -0.2) is 4.79 Å². The van der Waals surface area contributed by atoms with Crippen molar-refractivity contribution >= 4 is 29.3 Å². The van der Waals surface area contributed by atoms with Crippen LogP contribution in [0.3, 0.4) is 0 Å². The Morgan fingerprint density at radius 1 is 1.45 bits per heavy atom. The maximum absolute atomic E-state index is 12.0. The quantitative estimate of drug-likeness (QED) is 0.846. The number of urea groups is 1. The number of amides is 2. The number of anilines is 1. The van der Waals surface area contributed by atoms with Crippen LogP contribution in [0, 0.1) is 0 Å². The number of hydrogen-bond acceptors (Lipinski definition) is 3. The summed E-state index contributed by atoms with van der Waals surface area (Å²) in [7, 11) is 1.48. The predicted octanol–water partition coefficient (Wildman–Crippen LogP) is 2.68. The number of methoxy groups -OCH3 is 1. The molecular formula is C13H17ClN2O4. The number of rotatable bonds is 6. The summed E-state index contributed by atoms with van der Waals surface area (Å²) < 4.78 is 5.06. The number of benzene rings is 1. The normalized spacial score (nSPS) is 9.95. The summed E-state index contributed by atoms with van der Waals surface area (Å²) in [6.07, 6.45) is -0.0921. The second-order valence-electron chi connectivity index (χ2n) is 4.00. The number of nitrogens with zero attached hydrogens (tertiary/aromatic N) is 1. The van der Waals surface area contributed by atoms with E-state index in [-0.39, 0.29) is 19.0 Å². The van der Waals surface area contributed by atoms with E-state index in [1.807, 2.05) is 0 Å². The SMILES string of the molecule is CCN(CCC(=O)O)C(=O)Nc1ccc(Cl)c(OC)c1. The highest BCUT2D eigenvalue weighted by Gasteiger charge is 2.13. The van der Waals surface area contributed by atoms with Gasteiger partial charge in [-0.1, -0.05) is 11.6 Å². The second-order valence-corrected chi connectivity index (χ2v) is 4.41. The first-order chi connectivity index (χ1) is 9.47.